The van der Waals surface area contributed by atoms with Crippen molar-refractivity contribution < 1.29 is 9.18 Å². The third-order valence-electron chi connectivity index (χ3n) is 5.05. The van der Waals surface area contributed by atoms with Crippen LogP contribution in [0.2, 0.25) is 0 Å². The van der Waals surface area contributed by atoms with Gasteiger partial charge in [0.25, 0.3) is 5.56 Å². The molecule has 0 unspecified atom stereocenters. The number of nitrogens with zero attached hydrogens (tertiary/aromatic N) is 1. The van der Waals surface area contributed by atoms with E-state index >= 15 is 0 Å². The number of thioether (sulfide) groups is 1. The van der Waals surface area contributed by atoms with Gasteiger partial charge in [0.05, 0.1) is 6.42 Å². The Hall–Kier alpha value is -2.15. The molecule has 1 aromatic heterocycles. The van der Waals surface area contributed by atoms with Crippen LogP contribution in [0, 0.1) is 12.7 Å². The summed E-state index contributed by atoms with van der Waals surface area (Å²) in [6.07, 6.45) is 6.82. The number of rotatable bonds is 6. The SMILES string of the molecule is Cc1nc(SCc2ccc(F)cc2)[nH]c(=O)c1CC(=O)NC1CCCCCC1. The average molecular weight is 404 g/mol. The van der Waals surface area contributed by atoms with Gasteiger partial charge in [0.1, 0.15) is 5.82 Å². The molecular weight excluding hydrogens is 377 g/mol. The van der Waals surface area contributed by atoms with Crippen LogP contribution in [0.15, 0.2) is 34.2 Å². The van der Waals surface area contributed by atoms with Gasteiger partial charge in [-0.25, -0.2) is 9.37 Å². The number of aromatic amines is 1. The molecule has 1 aliphatic carbocycles. The van der Waals surface area contributed by atoms with Crippen molar-refractivity contribution >= 4 is 17.7 Å². The fourth-order valence-corrected chi connectivity index (χ4v) is 4.32. The molecule has 1 saturated carbocycles. The van der Waals surface area contributed by atoms with E-state index in [2.05, 4.69) is 15.3 Å². The molecule has 1 aliphatic rings. The summed E-state index contributed by atoms with van der Waals surface area (Å²) in [5.41, 5.74) is 1.65. The van der Waals surface area contributed by atoms with Crippen molar-refractivity contribution in [3.63, 3.8) is 0 Å². The van der Waals surface area contributed by atoms with Crippen molar-refractivity contribution in [1.82, 2.24) is 15.3 Å². The number of nitrogens with one attached hydrogen (secondary N) is 2. The normalized spacial score (nSPS) is 15.2. The fourth-order valence-electron chi connectivity index (χ4n) is 3.46. The number of H-pyrrole nitrogens is 1. The molecular formula is C21H26FN3O2S. The number of carbonyl (C=O) groups excluding carboxylic acids is 1. The molecule has 0 aliphatic heterocycles. The summed E-state index contributed by atoms with van der Waals surface area (Å²) < 4.78 is 13.0. The molecule has 150 valence electrons. The highest BCUT2D eigenvalue weighted by Crippen LogP contribution is 2.20. The summed E-state index contributed by atoms with van der Waals surface area (Å²) >= 11 is 1.38. The predicted molar refractivity (Wildman–Crippen MR) is 109 cm³/mol. The minimum Gasteiger partial charge on any atom is -0.353 e. The third kappa shape index (κ3) is 5.92. The van der Waals surface area contributed by atoms with Crippen LogP contribution in [0.4, 0.5) is 4.39 Å². The van der Waals surface area contributed by atoms with Crippen molar-refractivity contribution in [3.05, 3.63) is 57.3 Å². The quantitative estimate of drug-likeness (QED) is 0.436. The Labute approximate surface area is 168 Å². The third-order valence-corrected chi connectivity index (χ3v) is 5.99. The van der Waals surface area contributed by atoms with Gasteiger partial charge in [-0.05, 0) is 37.5 Å². The number of carbonyl (C=O) groups is 1. The highest BCUT2D eigenvalue weighted by Gasteiger charge is 2.17. The highest BCUT2D eigenvalue weighted by atomic mass is 32.2. The Balaban J connectivity index is 1.60. The number of amides is 1. The van der Waals surface area contributed by atoms with E-state index in [4.69, 9.17) is 0 Å². The Morgan fingerprint density at radius 2 is 1.89 bits per heavy atom. The lowest BCUT2D eigenvalue weighted by Gasteiger charge is -2.16. The van der Waals surface area contributed by atoms with Crippen LogP contribution in [0.25, 0.3) is 0 Å². The average Bonchev–Trinajstić information content (AvgIpc) is 2.93. The van der Waals surface area contributed by atoms with Crippen molar-refractivity contribution in [2.45, 2.75) is 68.8 Å². The molecule has 28 heavy (non-hydrogen) atoms. The summed E-state index contributed by atoms with van der Waals surface area (Å²) in [5, 5.41) is 3.57. The molecule has 3 rings (SSSR count). The smallest absolute Gasteiger partial charge is 0.255 e. The molecule has 1 heterocycles. The maximum absolute atomic E-state index is 13.0. The van der Waals surface area contributed by atoms with E-state index in [-0.39, 0.29) is 29.7 Å². The summed E-state index contributed by atoms with van der Waals surface area (Å²) in [4.78, 5) is 32.0. The summed E-state index contributed by atoms with van der Waals surface area (Å²) in [7, 11) is 0. The zero-order valence-electron chi connectivity index (χ0n) is 16.1. The first-order chi connectivity index (χ1) is 13.5. The van der Waals surface area contributed by atoms with E-state index in [0.717, 1.165) is 31.2 Å². The molecule has 0 bridgehead atoms. The van der Waals surface area contributed by atoms with Gasteiger partial charge < -0.3 is 10.3 Å². The van der Waals surface area contributed by atoms with Crippen molar-refractivity contribution in [3.8, 4) is 0 Å². The van der Waals surface area contributed by atoms with E-state index < -0.39 is 0 Å². The van der Waals surface area contributed by atoms with E-state index in [1.165, 1.54) is 36.7 Å². The van der Waals surface area contributed by atoms with Crippen molar-refractivity contribution in [2.75, 3.05) is 0 Å². The molecule has 1 fully saturated rings. The second-order valence-electron chi connectivity index (χ2n) is 7.28. The lowest BCUT2D eigenvalue weighted by Crippen LogP contribution is -2.36. The summed E-state index contributed by atoms with van der Waals surface area (Å²) in [5.74, 6) is 0.182. The van der Waals surface area contributed by atoms with Crippen LogP contribution in [-0.2, 0) is 17.0 Å². The minimum absolute atomic E-state index is 0.0492. The molecule has 5 nitrogen and oxygen atoms in total. The molecule has 0 saturated heterocycles. The predicted octanol–water partition coefficient (Wildman–Crippen LogP) is 3.89. The van der Waals surface area contributed by atoms with Crippen molar-refractivity contribution in [2.24, 2.45) is 0 Å². The lowest BCUT2D eigenvalue weighted by molar-refractivity contribution is -0.121. The van der Waals surface area contributed by atoms with Crippen LogP contribution in [0.3, 0.4) is 0 Å². The zero-order valence-corrected chi connectivity index (χ0v) is 16.9. The van der Waals surface area contributed by atoms with Gasteiger partial charge in [-0.15, -0.1) is 0 Å². The molecule has 2 N–H and O–H groups in total. The van der Waals surface area contributed by atoms with Crippen LogP contribution < -0.4 is 10.9 Å². The Morgan fingerprint density at radius 3 is 2.54 bits per heavy atom. The maximum Gasteiger partial charge on any atom is 0.255 e. The number of aromatic nitrogens is 2. The Bertz CT molecular complexity index is 859. The number of hydrogen-bond acceptors (Lipinski definition) is 4. The molecule has 2 aromatic rings. The molecule has 1 aromatic carbocycles. The first-order valence-electron chi connectivity index (χ1n) is 9.77. The number of hydrogen-bond donors (Lipinski definition) is 2. The number of benzene rings is 1. The number of halogens is 1. The molecule has 0 atom stereocenters. The van der Waals surface area contributed by atoms with Gasteiger partial charge in [0.15, 0.2) is 5.16 Å². The largest absolute Gasteiger partial charge is 0.353 e. The van der Waals surface area contributed by atoms with Gasteiger partial charge in [0, 0.05) is 23.1 Å². The van der Waals surface area contributed by atoms with Crippen LogP contribution in [0.5, 0.6) is 0 Å². The molecule has 7 heteroatoms. The lowest BCUT2D eigenvalue weighted by atomic mass is 10.1. The Morgan fingerprint density at radius 1 is 1.21 bits per heavy atom. The second-order valence-corrected chi connectivity index (χ2v) is 8.25. The topological polar surface area (TPSA) is 74.8 Å². The van der Waals surface area contributed by atoms with Gasteiger partial charge in [0.2, 0.25) is 5.91 Å². The van der Waals surface area contributed by atoms with Gasteiger partial charge >= 0.3 is 0 Å². The van der Waals surface area contributed by atoms with E-state index in [9.17, 15) is 14.0 Å². The second kappa shape index (κ2) is 9.87. The Kier molecular flexibility index (Phi) is 7.25. The first kappa shape index (κ1) is 20.6. The van der Waals surface area contributed by atoms with E-state index in [0.29, 0.717) is 22.2 Å². The highest BCUT2D eigenvalue weighted by molar-refractivity contribution is 7.98. The summed E-state index contributed by atoms with van der Waals surface area (Å²) in [6, 6.07) is 6.45. The van der Waals surface area contributed by atoms with Gasteiger partial charge in [-0.2, -0.15) is 0 Å². The van der Waals surface area contributed by atoms with E-state index in [1.54, 1.807) is 19.1 Å². The monoisotopic (exact) mass is 403 g/mol. The standard InChI is InChI=1S/C21H26FN3O2S/c1-14-18(12-19(26)24-17-6-4-2-3-5-7-17)20(27)25-21(23-14)28-13-15-8-10-16(22)11-9-15/h8-11,17H,2-7,12-13H2,1H3,(H,24,26)(H,23,25,27). The molecule has 0 spiro atoms. The van der Waals surface area contributed by atoms with Crippen molar-refractivity contribution in [1.29, 1.82) is 0 Å². The fraction of sp³-hybridized carbons (Fsp3) is 0.476. The molecule has 1 amide bonds. The van der Waals surface area contributed by atoms with Gasteiger partial charge in [-0.1, -0.05) is 49.6 Å². The minimum atomic E-state index is -0.275. The number of aryl methyl sites for hydroxylation is 1. The van der Waals surface area contributed by atoms with Crippen LogP contribution >= 0.6 is 11.8 Å². The van der Waals surface area contributed by atoms with E-state index in [1.807, 2.05) is 0 Å². The summed E-state index contributed by atoms with van der Waals surface area (Å²) in [6.45, 7) is 1.76. The van der Waals surface area contributed by atoms with Gasteiger partial charge in [-0.3, -0.25) is 9.59 Å². The maximum atomic E-state index is 13.0. The first-order valence-corrected chi connectivity index (χ1v) is 10.8. The zero-order chi connectivity index (χ0) is 19.9. The van der Waals surface area contributed by atoms with Crippen LogP contribution in [-0.4, -0.2) is 21.9 Å². The van der Waals surface area contributed by atoms with Crippen LogP contribution in [0.1, 0.15) is 55.3 Å². The molecule has 0 radical (unpaired) electrons.